The molecule has 160 valence electrons. The molecule has 5 atom stereocenters. The highest BCUT2D eigenvalue weighted by Crippen LogP contribution is 2.61. The molecule has 3 heterocycles. The molecule has 5 heteroatoms. The lowest BCUT2D eigenvalue weighted by molar-refractivity contribution is -0.443. The van der Waals surface area contributed by atoms with E-state index in [1.165, 1.54) is 48.8 Å². The maximum Gasteiger partial charge on any atom is 0.282 e. The van der Waals surface area contributed by atoms with Crippen LogP contribution in [0, 0.1) is 0 Å². The van der Waals surface area contributed by atoms with Crippen LogP contribution in [0.1, 0.15) is 28.5 Å². The van der Waals surface area contributed by atoms with Crippen LogP contribution in [-0.4, -0.2) is 46.0 Å². The third-order valence-electron chi connectivity index (χ3n) is 7.94. The topological polar surface area (TPSA) is 44.8 Å². The fourth-order valence-corrected chi connectivity index (χ4v) is 7.75. The van der Waals surface area contributed by atoms with Crippen molar-refractivity contribution in [1.29, 1.82) is 0 Å². The van der Waals surface area contributed by atoms with Crippen molar-refractivity contribution < 1.29 is 14.4 Å². The second-order valence-corrected chi connectivity index (χ2v) is 10.5. The Morgan fingerprint density at radius 3 is 2.48 bits per heavy atom. The van der Waals surface area contributed by atoms with Gasteiger partial charge in [0.05, 0.1) is 5.92 Å². The summed E-state index contributed by atoms with van der Waals surface area (Å²) in [6.45, 7) is 0. The summed E-state index contributed by atoms with van der Waals surface area (Å²) in [7, 11) is 1.61. The quantitative estimate of drug-likeness (QED) is 0.333. The van der Waals surface area contributed by atoms with Gasteiger partial charge in [-0.1, -0.05) is 83.5 Å². The van der Waals surface area contributed by atoms with Crippen molar-refractivity contribution in [3.8, 4) is 0 Å². The van der Waals surface area contributed by atoms with Crippen LogP contribution in [0.15, 0.2) is 82.7 Å². The van der Waals surface area contributed by atoms with E-state index >= 15 is 0 Å². The lowest BCUT2D eigenvalue weighted by Gasteiger charge is -2.27. The number of methoxy groups -OCH3 is 1. The lowest BCUT2D eigenvalue weighted by Crippen LogP contribution is -2.40. The minimum absolute atomic E-state index is 0.0881. The zero-order valence-electron chi connectivity index (χ0n) is 18.0. The number of fused-ring (bicyclic) bond motifs is 13. The van der Waals surface area contributed by atoms with Crippen molar-refractivity contribution in [2.75, 3.05) is 7.11 Å². The first-order chi connectivity index (χ1) is 16.2. The van der Waals surface area contributed by atoms with Crippen LogP contribution in [0.3, 0.4) is 0 Å². The molecular weight excluding hydrogens is 428 g/mol. The molecule has 4 aromatic carbocycles. The van der Waals surface area contributed by atoms with Gasteiger partial charge in [0.2, 0.25) is 11.2 Å². The molecule has 33 heavy (non-hydrogen) atoms. The van der Waals surface area contributed by atoms with Gasteiger partial charge >= 0.3 is 0 Å². The van der Waals surface area contributed by atoms with Crippen molar-refractivity contribution in [2.45, 2.75) is 33.9 Å². The molecule has 4 aliphatic rings. The average molecular weight is 450 g/mol. The summed E-state index contributed by atoms with van der Waals surface area (Å²) < 4.78 is 7.92. The molecule has 0 saturated heterocycles. The molecule has 3 aliphatic heterocycles. The van der Waals surface area contributed by atoms with E-state index in [4.69, 9.17) is 9.73 Å². The molecule has 1 saturated carbocycles. The Hall–Kier alpha value is -2.99. The third kappa shape index (κ3) is 2.16. The smallest absolute Gasteiger partial charge is 0.282 e. The van der Waals surface area contributed by atoms with Crippen molar-refractivity contribution in [2.24, 2.45) is 4.99 Å². The minimum atomic E-state index is -1.20. The molecule has 0 bridgehead atoms. The number of benzene rings is 4. The van der Waals surface area contributed by atoms with Crippen LogP contribution < -0.4 is 0 Å². The molecule has 4 nitrogen and oxygen atoms in total. The fourth-order valence-electron chi connectivity index (χ4n) is 6.46. The predicted octanol–water partition coefficient (Wildman–Crippen LogP) is 4.87. The van der Waals surface area contributed by atoms with E-state index in [-0.39, 0.29) is 23.3 Å². The number of ether oxygens (including phenoxy) is 1. The van der Waals surface area contributed by atoms with Crippen molar-refractivity contribution in [3.05, 3.63) is 89.5 Å². The van der Waals surface area contributed by atoms with Gasteiger partial charge in [-0.2, -0.15) is 0 Å². The summed E-state index contributed by atoms with van der Waals surface area (Å²) in [5, 5.41) is 16.5. The first-order valence-corrected chi connectivity index (χ1v) is 12.2. The number of thioether (sulfide) groups is 1. The first-order valence-electron chi connectivity index (χ1n) is 11.4. The van der Waals surface area contributed by atoms with Gasteiger partial charge in [-0.05, 0) is 38.7 Å². The number of aliphatic imine (C=N–C) groups is 1. The van der Waals surface area contributed by atoms with Gasteiger partial charge in [-0.25, -0.2) is 4.58 Å². The highest BCUT2D eigenvalue weighted by Gasteiger charge is 2.74. The van der Waals surface area contributed by atoms with Crippen molar-refractivity contribution >= 4 is 45.4 Å². The molecule has 0 amide bonds. The number of hydrogen-bond donors (Lipinski definition) is 1. The molecule has 0 spiro atoms. The van der Waals surface area contributed by atoms with Gasteiger partial charge < -0.3 is 9.84 Å². The summed E-state index contributed by atoms with van der Waals surface area (Å²) in [6.07, 6.45) is 1.96. The van der Waals surface area contributed by atoms with Gasteiger partial charge in [-0.3, -0.25) is 0 Å². The van der Waals surface area contributed by atoms with Crippen LogP contribution >= 0.6 is 11.8 Å². The fraction of sp³-hybridized carbons (Fsp3) is 0.214. The number of nitrogens with zero attached hydrogens (tertiary/aromatic N) is 2. The molecule has 1 aliphatic carbocycles. The van der Waals surface area contributed by atoms with Crippen LogP contribution in [-0.2, 0) is 4.74 Å². The van der Waals surface area contributed by atoms with Crippen molar-refractivity contribution in [1.82, 2.24) is 0 Å². The Balaban J connectivity index is 1.49. The summed E-state index contributed by atoms with van der Waals surface area (Å²) in [4.78, 5) is 6.31. The van der Waals surface area contributed by atoms with Crippen LogP contribution in [0.25, 0.3) is 21.5 Å². The molecule has 0 radical (unpaired) electrons. The second kappa shape index (κ2) is 6.11. The van der Waals surface area contributed by atoms with Gasteiger partial charge in [0.1, 0.15) is 11.6 Å². The Bertz CT molecular complexity index is 1590. The standard InChI is InChI=1S/C28H21N2O2S/c1-32-28(31)24-19-12-10-15-6-2-4-8-17(15)21(19)25-23-22-18-9-5-3-7-16(18)11-13-20(22)33-27(23)29-14-30(25)26(24)28/h2-14,23-24,26-27,31H,1H3/q+1. The van der Waals surface area contributed by atoms with E-state index in [2.05, 4.69) is 77.4 Å². The zero-order valence-corrected chi connectivity index (χ0v) is 18.8. The molecular formula is C28H21N2O2S+. The summed E-state index contributed by atoms with van der Waals surface area (Å²) in [5.41, 5.74) is 5.03. The van der Waals surface area contributed by atoms with E-state index in [9.17, 15) is 5.11 Å². The van der Waals surface area contributed by atoms with Crippen LogP contribution in [0.5, 0.6) is 0 Å². The Morgan fingerprint density at radius 2 is 1.67 bits per heavy atom. The zero-order chi connectivity index (χ0) is 21.9. The SMILES string of the molecule is COC1(O)C2c3ccc4ccccc4c3C3=[N+](C=NC4Sc5ccc6ccccc6c5C34)C21. The molecule has 8 rings (SSSR count). The number of aliphatic hydroxyl groups is 1. The lowest BCUT2D eigenvalue weighted by atomic mass is 9.80. The molecule has 1 N–H and O–H groups in total. The Kier molecular flexibility index (Phi) is 3.42. The summed E-state index contributed by atoms with van der Waals surface area (Å²) in [5.74, 6) is -1.17. The van der Waals surface area contributed by atoms with Gasteiger partial charge in [0.15, 0.2) is 6.04 Å². The molecule has 5 unspecified atom stereocenters. The van der Waals surface area contributed by atoms with Gasteiger partial charge in [0, 0.05) is 17.6 Å². The van der Waals surface area contributed by atoms with Crippen LogP contribution in [0.2, 0.25) is 0 Å². The summed E-state index contributed by atoms with van der Waals surface area (Å²) >= 11 is 1.85. The Morgan fingerprint density at radius 1 is 0.939 bits per heavy atom. The minimum Gasteiger partial charge on any atom is -0.362 e. The van der Waals surface area contributed by atoms with Gasteiger partial charge in [0.25, 0.3) is 6.34 Å². The Labute approximate surface area is 195 Å². The monoisotopic (exact) mass is 449 g/mol. The largest absolute Gasteiger partial charge is 0.362 e. The molecule has 0 aromatic heterocycles. The van der Waals surface area contributed by atoms with E-state index in [0.717, 1.165) is 0 Å². The number of rotatable bonds is 1. The maximum atomic E-state index is 11.4. The van der Waals surface area contributed by atoms with Crippen LogP contribution in [0.4, 0.5) is 0 Å². The van der Waals surface area contributed by atoms with E-state index in [1.54, 1.807) is 7.11 Å². The van der Waals surface area contributed by atoms with Gasteiger partial charge in [-0.15, -0.1) is 0 Å². The molecule has 1 fully saturated rings. The predicted molar refractivity (Wildman–Crippen MR) is 132 cm³/mol. The van der Waals surface area contributed by atoms with E-state index in [0.29, 0.717) is 0 Å². The summed E-state index contributed by atoms with van der Waals surface area (Å²) in [6, 6.07) is 25.9. The normalized spacial score (nSPS) is 30.6. The van der Waals surface area contributed by atoms with E-state index < -0.39 is 5.79 Å². The van der Waals surface area contributed by atoms with E-state index in [1.807, 2.05) is 18.1 Å². The first kappa shape index (κ1) is 18.4. The van der Waals surface area contributed by atoms with Crippen molar-refractivity contribution in [3.63, 3.8) is 0 Å². The highest BCUT2D eigenvalue weighted by molar-refractivity contribution is 8.00. The average Bonchev–Trinajstić information content (AvgIpc) is 3.31. The second-order valence-electron chi connectivity index (χ2n) is 9.37. The third-order valence-corrected chi connectivity index (χ3v) is 9.19. The highest BCUT2D eigenvalue weighted by atomic mass is 32.2. The number of hydrogen-bond acceptors (Lipinski definition) is 4. The maximum absolute atomic E-state index is 11.4. The molecule has 4 aromatic rings.